The molecule has 2 aromatic rings. The van der Waals surface area contributed by atoms with E-state index in [0.29, 0.717) is 6.54 Å². The predicted octanol–water partition coefficient (Wildman–Crippen LogP) is 3.60. The third-order valence-corrected chi connectivity index (χ3v) is 3.16. The Hall–Kier alpha value is -1.90. The van der Waals surface area contributed by atoms with E-state index in [1.165, 1.54) is 11.1 Å². The van der Waals surface area contributed by atoms with E-state index in [1.54, 1.807) is 6.26 Å². The highest BCUT2D eigenvalue weighted by molar-refractivity contribution is 5.62. The van der Waals surface area contributed by atoms with Crippen molar-refractivity contribution in [2.24, 2.45) is 0 Å². The van der Waals surface area contributed by atoms with Gasteiger partial charge < -0.3 is 15.5 Å². The van der Waals surface area contributed by atoms with Gasteiger partial charge in [-0.05, 0) is 48.2 Å². The van der Waals surface area contributed by atoms with E-state index in [0.717, 1.165) is 30.0 Å². The Morgan fingerprint density at radius 1 is 1.17 bits per heavy atom. The van der Waals surface area contributed by atoms with Gasteiger partial charge in [0.25, 0.3) is 0 Å². The van der Waals surface area contributed by atoms with Crippen LogP contribution >= 0.6 is 0 Å². The van der Waals surface area contributed by atoms with Gasteiger partial charge in [0, 0.05) is 11.4 Å². The number of rotatable bonds is 5. The Kier molecular flexibility index (Phi) is 3.92. The molecular formula is C15H20N2O. The van der Waals surface area contributed by atoms with Crippen LogP contribution in [0.25, 0.3) is 0 Å². The number of nitrogens with two attached hydrogens (primary N) is 1. The number of hydrogen-bond acceptors (Lipinski definition) is 3. The van der Waals surface area contributed by atoms with E-state index >= 15 is 0 Å². The fourth-order valence-corrected chi connectivity index (χ4v) is 2.07. The maximum atomic E-state index is 6.12. The number of nitrogen functional groups attached to an aromatic ring is 1. The molecule has 0 aliphatic rings. The second-order valence-corrected chi connectivity index (χ2v) is 4.35. The zero-order valence-corrected chi connectivity index (χ0v) is 11.0. The fourth-order valence-electron chi connectivity index (χ4n) is 2.07. The number of aryl methyl sites for hydroxylation is 2. The Morgan fingerprint density at radius 3 is 2.33 bits per heavy atom. The smallest absolute Gasteiger partial charge is 0.122 e. The second-order valence-electron chi connectivity index (χ2n) is 4.35. The normalized spacial score (nSPS) is 10.6. The lowest BCUT2D eigenvalue weighted by Gasteiger charge is -2.13. The van der Waals surface area contributed by atoms with Gasteiger partial charge >= 0.3 is 0 Å². The molecule has 1 aromatic heterocycles. The minimum absolute atomic E-state index is 0.698. The lowest BCUT2D eigenvalue weighted by molar-refractivity contribution is 0.518. The lowest BCUT2D eigenvalue weighted by atomic mass is 10.0. The number of benzene rings is 1. The maximum Gasteiger partial charge on any atom is 0.122 e. The molecule has 0 radical (unpaired) electrons. The zero-order valence-electron chi connectivity index (χ0n) is 11.0. The van der Waals surface area contributed by atoms with Gasteiger partial charge in [-0.3, -0.25) is 0 Å². The minimum atomic E-state index is 0.698. The first-order valence-electron chi connectivity index (χ1n) is 6.42. The molecule has 0 unspecified atom stereocenters. The second kappa shape index (κ2) is 5.63. The number of anilines is 2. The molecule has 0 saturated heterocycles. The molecule has 1 heterocycles. The van der Waals surface area contributed by atoms with Crippen LogP contribution in [0, 0.1) is 0 Å². The lowest BCUT2D eigenvalue weighted by Crippen LogP contribution is -2.03. The molecule has 0 amide bonds. The summed E-state index contributed by atoms with van der Waals surface area (Å²) >= 11 is 0. The molecule has 0 atom stereocenters. The standard InChI is InChI=1S/C15H20N2O/c1-3-11-8-13(9-12(4-2)15(11)16)17-10-14-6-5-7-18-14/h5-9,17H,3-4,10,16H2,1-2H3. The topological polar surface area (TPSA) is 51.2 Å². The molecule has 0 saturated carbocycles. The molecule has 18 heavy (non-hydrogen) atoms. The molecule has 1 aromatic carbocycles. The van der Waals surface area contributed by atoms with Gasteiger partial charge in [-0.15, -0.1) is 0 Å². The van der Waals surface area contributed by atoms with Crippen LogP contribution < -0.4 is 11.1 Å². The van der Waals surface area contributed by atoms with Gasteiger partial charge in [0.15, 0.2) is 0 Å². The van der Waals surface area contributed by atoms with Crippen LogP contribution in [0.15, 0.2) is 34.9 Å². The third-order valence-electron chi connectivity index (χ3n) is 3.16. The fraction of sp³-hybridized carbons (Fsp3) is 0.333. The van der Waals surface area contributed by atoms with Crippen LogP contribution in [-0.2, 0) is 19.4 Å². The minimum Gasteiger partial charge on any atom is -0.467 e. The van der Waals surface area contributed by atoms with Gasteiger partial charge in [-0.1, -0.05) is 13.8 Å². The van der Waals surface area contributed by atoms with Crippen molar-refractivity contribution in [3.05, 3.63) is 47.4 Å². The number of nitrogens with one attached hydrogen (secondary N) is 1. The van der Waals surface area contributed by atoms with Gasteiger partial charge in [0.1, 0.15) is 5.76 Å². The Balaban J connectivity index is 2.17. The molecule has 3 N–H and O–H groups in total. The van der Waals surface area contributed by atoms with Crippen LogP contribution in [0.4, 0.5) is 11.4 Å². The number of hydrogen-bond donors (Lipinski definition) is 2. The highest BCUT2D eigenvalue weighted by Crippen LogP contribution is 2.24. The van der Waals surface area contributed by atoms with E-state index in [1.807, 2.05) is 12.1 Å². The zero-order chi connectivity index (χ0) is 13.0. The summed E-state index contributed by atoms with van der Waals surface area (Å²) in [6.07, 6.45) is 3.60. The van der Waals surface area contributed by atoms with Gasteiger partial charge in [0.05, 0.1) is 12.8 Å². The summed E-state index contributed by atoms with van der Waals surface area (Å²) in [4.78, 5) is 0. The van der Waals surface area contributed by atoms with Crippen molar-refractivity contribution in [2.75, 3.05) is 11.1 Å². The SMILES string of the molecule is CCc1cc(NCc2ccco2)cc(CC)c1N. The summed E-state index contributed by atoms with van der Waals surface area (Å²) in [7, 11) is 0. The van der Waals surface area contributed by atoms with E-state index in [4.69, 9.17) is 10.2 Å². The molecule has 0 bridgehead atoms. The monoisotopic (exact) mass is 244 g/mol. The summed E-state index contributed by atoms with van der Waals surface area (Å²) in [5.41, 5.74) is 10.6. The van der Waals surface area contributed by atoms with Gasteiger partial charge in [-0.2, -0.15) is 0 Å². The molecule has 3 heteroatoms. The molecule has 96 valence electrons. The van der Waals surface area contributed by atoms with Crippen molar-refractivity contribution in [2.45, 2.75) is 33.2 Å². The number of furan rings is 1. The molecule has 0 spiro atoms. The van der Waals surface area contributed by atoms with Crippen molar-refractivity contribution < 1.29 is 4.42 Å². The van der Waals surface area contributed by atoms with Crippen molar-refractivity contribution >= 4 is 11.4 Å². The summed E-state index contributed by atoms with van der Waals surface area (Å²) in [6, 6.07) is 8.11. The maximum absolute atomic E-state index is 6.12. The molecule has 2 rings (SSSR count). The molecular weight excluding hydrogens is 224 g/mol. The predicted molar refractivity (Wildman–Crippen MR) is 75.6 cm³/mol. The van der Waals surface area contributed by atoms with Crippen LogP contribution in [0.3, 0.4) is 0 Å². The van der Waals surface area contributed by atoms with Crippen LogP contribution in [-0.4, -0.2) is 0 Å². The highest BCUT2D eigenvalue weighted by Gasteiger charge is 2.06. The van der Waals surface area contributed by atoms with E-state index in [2.05, 4.69) is 31.3 Å². The van der Waals surface area contributed by atoms with Gasteiger partial charge in [0.2, 0.25) is 0 Å². The highest BCUT2D eigenvalue weighted by atomic mass is 16.3. The Morgan fingerprint density at radius 2 is 1.83 bits per heavy atom. The van der Waals surface area contributed by atoms with E-state index < -0.39 is 0 Å². The van der Waals surface area contributed by atoms with Crippen molar-refractivity contribution in [1.82, 2.24) is 0 Å². The summed E-state index contributed by atoms with van der Waals surface area (Å²) < 4.78 is 5.30. The first-order chi connectivity index (χ1) is 8.74. The average Bonchev–Trinajstić information content (AvgIpc) is 2.90. The molecule has 0 aliphatic heterocycles. The summed E-state index contributed by atoms with van der Waals surface area (Å²) in [5.74, 6) is 0.933. The first kappa shape index (κ1) is 12.6. The third kappa shape index (κ3) is 2.67. The summed E-state index contributed by atoms with van der Waals surface area (Å²) in [6.45, 7) is 4.95. The Bertz CT molecular complexity index is 478. The van der Waals surface area contributed by atoms with Gasteiger partial charge in [-0.25, -0.2) is 0 Å². The quantitative estimate of drug-likeness (QED) is 0.790. The molecule has 3 nitrogen and oxygen atoms in total. The van der Waals surface area contributed by atoms with E-state index in [-0.39, 0.29) is 0 Å². The van der Waals surface area contributed by atoms with Crippen LogP contribution in [0.5, 0.6) is 0 Å². The first-order valence-corrected chi connectivity index (χ1v) is 6.42. The van der Waals surface area contributed by atoms with Crippen molar-refractivity contribution in [3.63, 3.8) is 0 Å². The van der Waals surface area contributed by atoms with E-state index in [9.17, 15) is 0 Å². The van der Waals surface area contributed by atoms with Crippen molar-refractivity contribution in [1.29, 1.82) is 0 Å². The Labute approximate surface area is 108 Å². The molecule has 0 aliphatic carbocycles. The largest absolute Gasteiger partial charge is 0.467 e. The van der Waals surface area contributed by atoms with Crippen LogP contribution in [0.1, 0.15) is 30.7 Å². The average molecular weight is 244 g/mol. The van der Waals surface area contributed by atoms with Crippen LogP contribution in [0.2, 0.25) is 0 Å². The molecule has 0 fully saturated rings. The van der Waals surface area contributed by atoms with Crippen molar-refractivity contribution in [3.8, 4) is 0 Å². The summed E-state index contributed by atoms with van der Waals surface area (Å²) in [5, 5.41) is 3.37.